The Kier molecular flexibility index (Phi) is 7.37. The maximum absolute atomic E-state index is 7.43. The minimum atomic E-state index is 0. The Balaban J connectivity index is 0.00000300. The normalized spacial score (nSPS) is 9.93. The highest BCUT2D eigenvalue weighted by Gasteiger charge is 2.01. The molecule has 8 N–H and O–H groups in total. The van der Waals surface area contributed by atoms with E-state index in [0.29, 0.717) is 13.1 Å². The van der Waals surface area contributed by atoms with Crippen LogP contribution in [-0.4, -0.2) is 11.7 Å². The first-order valence-corrected chi connectivity index (χ1v) is 8.96. The van der Waals surface area contributed by atoms with Crippen molar-refractivity contribution in [1.29, 1.82) is 10.8 Å². The Hall–Kier alpha value is -3.80. The van der Waals surface area contributed by atoms with Crippen LogP contribution in [0.3, 0.4) is 0 Å². The van der Waals surface area contributed by atoms with Crippen LogP contribution < -0.4 is 22.1 Å². The van der Waals surface area contributed by atoms with Crippen LogP contribution in [0.4, 0.5) is 11.4 Å². The Morgan fingerprint density at radius 2 is 1.03 bits per heavy atom. The molecule has 0 fully saturated rings. The second-order valence-electron chi connectivity index (χ2n) is 6.51. The van der Waals surface area contributed by atoms with E-state index in [1.54, 1.807) is 0 Å². The first-order chi connectivity index (χ1) is 13.5. The fourth-order valence-corrected chi connectivity index (χ4v) is 2.79. The van der Waals surface area contributed by atoms with Crippen LogP contribution in [0.2, 0.25) is 0 Å². The van der Waals surface area contributed by atoms with Crippen molar-refractivity contribution in [3.8, 4) is 0 Å². The Labute approximate surface area is 172 Å². The summed E-state index contributed by atoms with van der Waals surface area (Å²) in [7, 11) is 0. The third-order valence-electron chi connectivity index (χ3n) is 4.38. The van der Waals surface area contributed by atoms with Gasteiger partial charge < -0.3 is 22.1 Å². The number of anilines is 2. The topological polar surface area (TPSA) is 124 Å². The van der Waals surface area contributed by atoms with Gasteiger partial charge in [-0.2, -0.15) is 0 Å². The van der Waals surface area contributed by atoms with E-state index in [1.165, 1.54) is 11.1 Å². The van der Waals surface area contributed by atoms with E-state index in [1.807, 2.05) is 54.6 Å². The molecule has 0 aromatic heterocycles. The molecule has 0 saturated heterocycles. The van der Waals surface area contributed by atoms with Gasteiger partial charge >= 0.3 is 0 Å². The highest BCUT2D eigenvalue weighted by atomic mass is 14.9. The molecule has 6 heteroatoms. The molecule has 150 valence electrons. The molecule has 0 aliphatic rings. The van der Waals surface area contributed by atoms with Gasteiger partial charge in [-0.05, 0) is 59.7 Å². The number of amidine groups is 2. The largest absolute Gasteiger partial charge is 0.384 e. The lowest BCUT2D eigenvalue weighted by Crippen LogP contribution is -2.11. The van der Waals surface area contributed by atoms with Gasteiger partial charge in [-0.1, -0.05) is 31.7 Å². The zero-order valence-corrected chi connectivity index (χ0v) is 15.5. The summed E-state index contributed by atoms with van der Waals surface area (Å²) in [5.74, 6) is 0.144. The van der Waals surface area contributed by atoms with E-state index >= 15 is 0 Å². The third kappa shape index (κ3) is 6.10. The minimum Gasteiger partial charge on any atom is -0.384 e. The fraction of sp³-hybridized carbons (Fsp3) is 0.130. The van der Waals surface area contributed by atoms with Gasteiger partial charge in [-0.3, -0.25) is 10.8 Å². The number of rotatable bonds is 8. The molecule has 0 heterocycles. The number of nitrogens with one attached hydrogen (secondary N) is 4. The van der Waals surface area contributed by atoms with Gasteiger partial charge in [-0.15, -0.1) is 0 Å². The van der Waals surface area contributed by atoms with Crippen molar-refractivity contribution in [3.63, 3.8) is 0 Å². The Morgan fingerprint density at radius 3 is 1.38 bits per heavy atom. The molecular formula is C23H28N6. The van der Waals surface area contributed by atoms with Crippen molar-refractivity contribution in [2.24, 2.45) is 11.5 Å². The van der Waals surface area contributed by atoms with Crippen LogP contribution in [0.15, 0.2) is 72.8 Å². The molecule has 0 amide bonds. The van der Waals surface area contributed by atoms with Crippen LogP contribution in [0, 0.1) is 10.8 Å². The molecular weight excluding hydrogens is 360 g/mol. The SMILES string of the molecule is C.N=C(N)c1ccc(NCc2cccc(CNc3ccc(C(=N)N)cc3)c2)cc1. The predicted molar refractivity (Wildman–Crippen MR) is 123 cm³/mol. The first-order valence-electron chi connectivity index (χ1n) is 8.96. The molecule has 3 aromatic carbocycles. The molecule has 0 radical (unpaired) electrons. The fourth-order valence-electron chi connectivity index (χ4n) is 2.79. The van der Waals surface area contributed by atoms with Crippen molar-refractivity contribution >= 4 is 23.0 Å². The highest BCUT2D eigenvalue weighted by molar-refractivity contribution is 5.95. The van der Waals surface area contributed by atoms with Crippen molar-refractivity contribution in [2.75, 3.05) is 10.6 Å². The zero-order chi connectivity index (χ0) is 19.9. The zero-order valence-electron chi connectivity index (χ0n) is 15.5. The van der Waals surface area contributed by atoms with Crippen molar-refractivity contribution in [3.05, 3.63) is 95.1 Å². The quantitative estimate of drug-likeness (QED) is 0.257. The average Bonchev–Trinajstić information content (AvgIpc) is 2.71. The van der Waals surface area contributed by atoms with E-state index in [-0.39, 0.29) is 19.1 Å². The number of nitrogen functional groups attached to an aromatic ring is 2. The Morgan fingerprint density at radius 1 is 0.655 bits per heavy atom. The number of hydrogen-bond donors (Lipinski definition) is 6. The molecule has 0 unspecified atom stereocenters. The summed E-state index contributed by atoms with van der Waals surface area (Å²) < 4.78 is 0. The molecule has 0 aliphatic carbocycles. The molecule has 0 aliphatic heterocycles. The summed E-state index contributed by atoms with van der Waals surface area (Å²) in [6, 6.07) is 23.4. The van der Waals surface area contributed by atoms with Crippen molar-refractivity contribution in [2.45, 2.75) is 20.5 Å². The summed E-state index contributed by atoms with van der Waals surface area (Å²) in [4.78, 5) is 0. The van der Waals surface area contributed by atoms with Gasteiger partial charge in [0.15, 0.2) is 0 Å². The maximum Gasteiger partial charge on any atom is 0.122 e. The van der Waals surface area contributed by atoms with Gasteiger partial charge in [0.25, 0.3) is 0 Å². The second-order valence-corrected chi connectivity index (χ2v) is 6.51. The molecule has 3 aromatic rings. The van der Waals surface area contributed by atoms with Crippen molar-refractivity contribution in [1.82, 2.24) is 0 Å². The number of nitrogens with two attached hydrogens (primary N) is 2. The molecule has 0 saturated carbocycles. The average molecular weight is 389 g/mol. The predicted octanol–water partition coefficient (Wildman–Crippen LogP) is 4.12. The number of hydrogen-bond acceptors (Lipinski definition) is 4. The molecule has 3 rings (SSSR count). The van der Waals surface area contributed by atoms with Gasteiger partial charge in [0.1, 0.15) is 11.7 Å². The van der Waals surface area contributed by atoms with Gasteiger partial charge in [0.05, 0.1) is 0 Å². The lowest BCUT2D eigenvalue weighted by molar-refractivity contribution is 1.10. The van der Waals surface area contributed by atoms with E-state index in [9.17, 15) is 0 Å². The van der Waals surface area contributed by atoms with Crippen molar-refractivity contribution < 1.29 is 0 Å². The van der Waals surface area contributed by atoms with Crippen LogP contribution in [-0.2, 0) is 13.1 Å². The second kappa shape index (κ2) is 9.94. The van der Waals surface area contributed by atoms with E-state index in [4.69, 9.17) is 22.3 Å². The lowest BCUT2D eigenvalue weighted by Gasteiger charge is -2.11. The van der Waals surface area contributed by atoms with Gasteiger partial charge in [-0.25, -0.2) is 0 Å². The summed E-state index contributed by atoms with van der Waals surface area (Å²) in [6.07, 6.45) is 0. The molecule has 0 bridgehead atoms. The summed E-state index contributed by atoms with van der Waals surface area (Å²) in [6.45, 7) is 1.42. The third-order valence-corrected chi connectivity index (χ3v) is 4.38. The first kappa shape index (κ1) is 21.5. The van der Waals surface area contributed by atoms with Crippen LogP contribution in [0.25, 0.3) is 0 Å². The number of benzene rings is 3. The lowest BCUT2D eigenvalue weighted by atomic mass is 10.1. The monoisotopic (exact) mass is 388 g/mol. The van der Waals surface area contributed by atoms with Crippen LogP contribution >= 0.6 is 0 Å². The molecule has 6 nitrogen and oxygen atoms in total. The molecule has 29 heavy (non-hydrogen) atoms. The van der Waals surface area contributed by atoms with Gasteiger partial charge in [0, 0.05) is 35.6 Å². The van der Waals surface area contributed by atoms with E-state index in [2.05, 4.69) is 28.8 Å². The summed E-state index contributed by atoms with van der Waals surface area (Å²) >= 11 is 0. The smallest absolute Gasteiger partial charge is 0.122 e. The summed E-state index contributed by atoms with van der Waals surface area (Å²) in [5, 5.41) is 21.6. The summed E-state index contributed by atoms with van der Waals surface area (Å²) in [5.41, 5.74) is 16.7. The molecule has 0 atom stereocenters. The van der Waals surface area contributed by atoms with Crippen LogP contribution in [0.5, 0.6) is 0 Å². The standard InChI is InChI=1S/C22H24N6.CH4/c23-21(24)17-4-8-19(9-5-17)27-13-15-2-1-3-16(12-15)14-28-20-10-6-18(7-11-20)22(25)26;/h1-12,27-28H,13-14H2,(H3,23,24)(H3,25,26);1H4. The minimum absolute atomic E-state index is 0. The Bertz CT molecular complexity index is 885. The van der Waals surface area contributed by atoms with Gasteiger partial charge in [0.2, 0.25) is 0 Å². The highest BCUT2D eigenvalue weighted by Crippen LogP contribution is 2.14. The van der Waals surface area contributed by atoms with E-state index in [0.717, 1.165) is 22.5 Å². The van der Waals surface area contributed by atoms with E-state index < -0.39 is 0 Å². The maximum atomic E-state index is 7.43. The van der Waals surface area contributed by atoms with Crippen LogP contribution in [0.1, 0.15) is 29.7 Å². The molecule has 0 spiro atoms.